The number of benzene rings is 1. The smallest absolute Gasteiger partial charge is 0.242 e. The molecule has 1 aromatic carbocycles. The van der Waals surface area contributed by atoms with Gasteiger partial charge in [0.15, 0.2) is 0 Å². The lowest BCUT2D eigenvalue weighted by Crippen LogP contribution is -2.38. The Hall–Kier alpha value is -0.660. The molecular weight excluding hydrogens is 312 g/mol. The van der Waals surface area contributed by atoms with Crippen LogP contribution >= 0.6 is 11.6 Å². The van der Waals surface area contributed by atoms with E-state index in [9.17, 15) is 8.42 Å². The molecule has 0 aliphatic heterocycles. The van der Waals surface area contributed by atoms with Crippen molar-refractivity contribution in [2.75, 3.05) is 20.8 Å². The summed E-state index contributed by atoms with van der Waals surface area (Å²) in [5.41, 5.74) is 0.862. The summed E-state index contributed by atoms with van der Waals surface area (Å²) in [6.07, 6.45) is 1.57. The van der Waals surface area contributed by atoms with E-state index < -0.39 is 10.0 Å². The van der Waals surface area contributed by atoms with Gasteiger partial charge >= 0.3 is 0 Å². The second kappa shape index (κ2) is 8.70. The van der Waals surface area contributed by atoms with Crippen molar-refractivity contribution in [1.29, 1.82) is 0 Å². The van der Waals surface area contributed by atoms with Crippen LogP contribution in [-0.2, 0) is 21.3 Å². The molecule has 0 aromatic heterocycles. The SMILES string of the molecule is CCCC(COC)NS(=O)(=O)c1cc(CNC)ccc1Cl. The van der Waals surface area contributed by atoms with E-state index in [4.69, 9.17) is 16.3 Å². The zero-order valence-electron chi connectivity index (χ0n) is 12.6. The normalized spacial score (nSPS) is 13.3. The van der Waals surface area contributed by atoms with Gasteiger partial charge in [0.1, 0.15) is 4.90 Å². The molecule has 1 unspecified atom stereocenters. The summed E-state index contributed by atoms with van der Waals surface area (Å²) >= 11 is 6.05. The summed E-state index contributed by atoms with van der Waals surface area (Å²) in [4.78, 5) is 0.106. The van der Waals surface area contributed by atoms with Crippen LogP contribution in [0.5, 0.6) is 0 Å². The molecule has 0 saturated carbocycles. The predicted molar refractivity (Wildman–Crippen MR) is 85.1 cm³/mol. The first-order valence-corrected chi connectivity index (χ1v) is 8.75. The van der Waals surface area contributed by atoms with Crippen LogP contribution in [0.15, 0.2) is 23.1 Å². The summed E-state index contributed by atoms with van der Waals surface area (Å²) in [6.45, 7) is 2.91. The molecule has 1 atom stereocenters. The largest absolute Gasteiger partial charge is 0.383 e. The monoisotopic (exact) mass is 334 g/mol. The summed E-state index contributed by atoms with van der Waals surface area (Å²) in [5.74, 6) is 0. The van der Waals surface area contributed by atoms with Gasteiger partial charge in [-0.3, -0.25) is 0 Å². The van der Waals surface area contributed by atoms with Crippen molar-refractivity contribution < 1.29 is 13.2 Å². The highest BCUT2D eigenvalue weighted by Gasteiger charge is 2.22. The van der Waals surface area contributed by atoms with E-state index in [0.717, 1.165) is 12.0 Å². The highest BCUT2D eigenvalue weighted by atomic mass is 35.5. The van der Waals surface area contributed by atoms with Crippen LogP contribution < -0.4 is 10.0 Å². The lowest BCUT2D eigenvalue weighted by molar-refractivity contribution is 0.171. The third kappa shape index (κ3) is 5.56. The maximum Gasteiger partial charge on any atom is 0.242 e. The van der Waals surface area contributed by atoms with E-state index in [1.165, 1.54) is 0 Å². The fraction of sp³-hybridized carbons (Fsp3) is 0.571. The lowest BCUT2D eigenvalue weighted by atomic mass is 10.2. The van der Waals surface area contributed by atoms with Gasteiger partial charge in [0.25, 0.3) is 0 Å². The summed E-state index contributed by atoms with van der Waals surface area (Å²) in [6, 6.07) is 4.75. The molecule has 0 amide bonds. The van der Waals surface area contributed by atoms with Crippen molar-refractivity contribution in [3.05, 3.63) is 28.8 Å². The fourth-order valence-corrected chi connectivity index (χ4v) is 3.88. The van der Waals surface area contributed by atoms with Crippen molar-refractivity contribution in [2.45, 2.75) is 37.2 Å². The van der Waals surface area contributed by atoms with Gasteiger partial charge < -0.3 is 10.1 Å². The standard InChI is InChI=1S/C14H23ClN2O3S/c1-4-5-12(10-20-3)17-21(18,19)14-8-11(9-16-2)6-7-13(14)15/h6-8,12,16-17H,4-5,9-10H2,1-3H3. The first-order valence-electron chi connectivity index (χ1n) is 6.88. The fourth-order valence-electron chi connectivity index (χ4n) is 2.08. The van der Waals surface area contributed by atoms with Gasteiger partial charge in [-0.05, 0) is 31.2 Å². The average Bonchev–Trinajstić information content (AvgIpc) is 2.41. The van der Waals surface area contributed by atoms with E-state index in [2.05, 4.69) is 10.0 Å². The van der Waals surface area contributed by atoms with Crippen LogP contribution in [-0.4, -0.2) is 35.2 Å². The summed E-state index contributed by atoms with van der Waals surface area (Å²) in [7, 11) is -0.310. The van der Waals surface area contributed by atoms with Gasteiger partial charge in [0, 0.05) is 19.7 Å². The molecule has 0 heterocycles. The van der Waals surface area contributed by atoms with Crippen LogP contribution in [0.1, 0.15) is 25.3 Å². The quantitative estimate of drug-likeness (QED) is 0.726. The van der Waals surface area contributed by atoms with Crippen molar-refractivity contribution in [1.82, 2.24) is 10.0 Å². The molecule has 0 aliphatic rings. The molecule has 1 rings (SSSR count). The Morgan fingerprint density at radius 1 is 1.38 bits per heavy atom. The van der Waals surface area contributed by atoms with Gasteiger partial charge in [-0.25, -0.2) is 13.1 Å². The molecule has 2 N–H and O–H groups in total. The summed E-state index contributed by atoms with van der Waals surface area (Å²) in [5, 5.41) is 3.20. The lowest BCUT2D eigenvalue weighted by Gasteiger charge is -2.18. The molecule has 0 fully saturated rings. The van der Waals surface area contributed by atoms with E-state index in [0.29, 0.717) is 19.6 Å². The molecule has 0 radical (unpaired) electrons. The third-order valence-electron chi connectivity index (χ3n) is 2.99. The Bertz CT molecular complexity index is 543. The van der Waals surface area contributed by atoms with Crippen molar-refractivity contribution >= 4 is 21.6 Å². The minimum absolute atomic E-state index is 0.106. The van der Waals surface area contributed by atoms with Gasteiger partial charge in [0.2, 0.25) is 10.0 Å². The van der Waals surface area contributed by atoms with Crippen molar-refractivity contribution in [3.8, 4) is 0 Å². The topological polar surface area (TPSA) is 67.4 Å². The second-order valence-electron chi connectivity index (χ2n) is 4.86. The molecule has 7 heteroatoms. The van der Waals surface area contributed by atoms with Gasteiger partial charge in [0.05, 0.1) is 11.6 Å². The maximum absolute atomic E-state index is 12.5. The number of hydrogen-bond acceptors (Lipinski definition) is 4. The predicted octanol–water partition coefficient (Wildman–Crippen LogP) is 2.15. The van der Waals surface area contributed by atoms with E-state index in [-0.39, 0.29) is 16.0 Å². The van der Waals surface area contributed by atoms with Crippen molar-refractivity contribution in [2.24, 2.45) is 0 Å². The molecule has 0 spiro atoms. The maximum atomic E-state index is 12.5. The minimum atomic E-state index is -3.67. The number of halogens is 1. The van der Waals surface area contributed by atoms with Crippen LogP contribution in [0, 0.1) is 0 Å². The highest BCUT2D eigenvalue weighted by Crippen LogP contribution is 2.23. The van der Waals surface area contributed by atoms with Gasteiger partial charge in [-0.15, -0.1) is 0 Å². The van der Waals surface area contributed by atoms with Crippen LogP contribution in [0.3, 0.4) is 0 Å². The zero-order valence-corrected chi connectivity index (χ0v) is 14.2. The number of methoxy groups -OCH3 is 1. The second-order valence-corrected chi connectivity index (χ2v) is 6.95. The highest BCUT2D eigenvalue weighted by molar-refractivity contribution is 7.89. The number of sulfonamides is 1. The van der Waals surface area contributed by atoms with E-state index in [1.807, 2.05) is 6.92 Å². The Morgan fingerprint density at radius 2 is 2.10 bits per heavy atom. The molecular formula is C14H23ClN2O3S. The zero-order chi connectivity index (χ0) is 15.9. The van der Waals surface area contributed by atoms with Gasteiger partial charge in [-0.1, -0.05) is 31.0 Å². The molecule has 21 heavy (non-hydrogen) atoms. The summed E-state index contributed by atoms with van der Waals surface area (Å²) < 4.78 is 32.7. The number of nitrogens with one attached hydrogen (secondary N) is 2. The molecule has 0 aliphatic carbocycles. The Morgan fingerprint density at radius 3 is 2.67 bits per heavy atom. The Kier molecular flexibility index (Phi) is 7.62. The van der Waals surface area contributed by atoms with Crippen LogP contribution in [0.2, 0.25) is 5.02 Å². The molecule has 1 aromatic rings. The van der Waals surface area contributed by atoms with Gasteiger partial charge in [-0.2, -0.15) is 0 Å². The minimum Gasteiger partial charge on any atom is -0.383 e. The number of hydrogen-bond donors (Lipinski definition) is 2. The van der Waals surface area contributed by atoms with Crippen LogP contribution in [0.4, 0.5) is 0 Å². The Balaban J connectivity index is 3.02. The molecule has 5 nitrogen and oxygen atoms in total. The van der Waals surface area contributed by atoms with Crippen molar-refractivity contribution in [3.63, 3.8) is 0 Å². The molecule has 120 valence electrons. The molecule has 0 bridgehead atoms. The average molecular weight is 335 g/mol. The van der Waals surface area contributed by atoms with Crippen LogP contribution in [0.25, 0.3) is 0 Å². The Labute approximate surface area is 132 Å². The number of ether oxygens (including phenoxy) is 1. The molecule has 0 saturated heterocycles. The first-order chi connectivity index (χ1) is 9.94. The first kappa shape index (κ1) is 18.4. The third-order valence-corrected chi connectivity index (χ3v) is 4.99. The van der Waals surface area contributed by atoms with E-state index in [1.54, 1.807) is 32.4 Å². The van der Waals surface area contributed by atoms with E-state index >= 15 is 0 Å². The number of rotatable bonds is 9.